The maximum atomic E-state index is 5.53. The first kappa shape index (κ1) is 12.3. The van der Waals surface area contributed by atoms with Crippen molar-refractivity contribution in [2.75, 3.05) is 26.7 Å². The van der Waals surface area contributed by atoms with Crippen LogP contribution in [0.5, 0.6) is 0 Å². The molecule has 3 nitrogen and oxygen atoms in total. The van der Waals surface area contributed by atoms with E-state index in [1.54, 1.807) is 0 Å². The highest BCUT2D eigenvalue weighted by Crippen LogP contribution is 2.23. The summed E-state index contributed by atoms with van der Waals surface area (Å²) < 4.78 is 5.53. The molecule has 1 saturated heterocycles. The smallest absolute Gasteiger partial charge is 0.0724 e. The Labute approximate surface area is 99.5 Å². The number of piperidine rings is 1. The number of hydrogen-bond donors (Lipinski definition) is 1. The average Bonchev–Trinajstić information content (AvgIpc) is 2.77. The van der Waals surface area contributed by atoms with Crippen molar-refractivity contribution in [2.45, 2.75) is 57.2 Å². The molecule has 0 bridgehead atoms. The normalized spacial score (nSPS) is 33.4. The summed E-state index contributed by atoms with van der Waals surface area (Å²) in [4.78, 5) is 2.54. The minimum Gasteiger partial charge on any atom is -0.380 e. The minimum atomic E-state index is 0.462. The molecule has 2 atom stereocenters. The molecule has 16 heavy (non-hydrogen) atoms. The molecule has 1 saturated carbocycles. The fourth-order valence-electron chi connectivity index (χ4n) is 3.12. The predicted molar refractivity (Wildman–Crippen MR) is 66.7 cm³/mol. The third-order valence-corrected chi connectivity index (χ3v) is 4.24. The Morgan fingerprint density at radius 2 is 1.94 bits per heavy atom. The van der Waals surface area contributed by atoms with Crippen molar-refractivity contribution in [1.29, 1.82) is 0 Å². The zero-order valence-electron chi connectivity index (χ0n) is 10.7. The van der Waals surface area contributed by atoms with E-state index in [0.29, 0.717) is 12.1 Å². The lowest BCUT2D eigenvalue weighted by Gasteiger charge is -2.34. The van der Waals surface area contributed by atoms with Gasteiger partial charge in [0.05, 0.1) is 6.10 Å². The number of ether oxygens (including phenoxy) is 1. The van der Waals surface area contributed by atoms with Crippen molar-refractivity contribution in [3.63, 3.8) is 0 Å². The first-order chi connectivity index (χ1) is 7.83. The van der Waals surface area contributed by atoms with Crippen LogP contribution in [0.25, 0.3) is 0 Å². The second-order valence-electron chi connectivity index (χ2n) is 5.19. The SMILES string of the molecule is CCN1CCC(NC2CCCC2OC)CC1. The number of hydrogen-bond acceptors (Lipinski definition) is 3. The van der Waals surface area contributed by atoms with Gasteiger partial charge in [-0.2, -0.15) is 0 Å². The van der Waals surface area contributed by atoms with Gasteiger partial charge in [-0.1, -0.05) is 6.92 Å². The maximum Gasteiger partial charge on any atom is 0.0724 e. The van der Waals surface area contributed by atoms with Crippen LogP contribution >= 0.6 is 0 Å². The molecule has 3 heteroatoms. The van der Waals surface area contributed by atoms with Gasteiger partial charge in [-0.05, 0) is 51.7 Å². The van der Waals surface area contributed by atoms with Crippen LogP contribution < -0.4 is 5.32 Å². The number of nitrogens with one attached hydrogen (secondary N) is 1. The number of nitrogens with zero attached hydrogens (tertiary/aromatic N) is 1. The van der Waals surface area contributed by atoms with Crippen LogP contribution in [0.3, 0.4) is 0 Å². The van der Waals surface area contributed by atoms with Crippen molar-refractivity contribution in [1.82, 2.24) is 10.2 Å². The van der Waals surface area contributed by atoms with Gasteiger partial charge in [0.2, 0.25) is 0 Å². The third-order valence-electron chi connectivity index (χ3n) is 4.24. The van der Waals surface area contributed by atoms with Gasteiger partial charge < -0.3 is 15.0 Å². The summed E-state index contributed by atoms with van der Waals surface area (Å²) in [5.74, 6) is 0. The van der Waals surface area contributed by atoms with Gasteiger partial charge in [0.25, 0.3) is 0 Å². The van der Waals surface area contributed by atoms with Gasteiger partial charge in [0, 0.05) is 19.2 Å². The van der Waals surface area contributed by atoms with Crippen LogP contribution in [0.4, 0.5) is 0 Å². The molecule has 1 N–H and O–H groups in total. The molecule has 1 aliphatic carbocycles. The second kappa shape index (κ2) is 5.99. The Kier molecular flexibility index (Phi) is 4.62. The van der Waals surface area contributed by atoms with Crippen LogP contribution in [0.2, 0.25) is 0 Å². The van der Waals surface area contributed by atoms with E-state index in [2.05, 4.69) is 17.1 Å². The molecule has 2 rings (SSSR count). The first-order valence-electron chi connectivity index (χ1n) is 6.84. The van der Waals surface area contributed by atoms with E-state index in [1.807, 2.05) is 7.11 Å². The van der Waals surface area contributed by atoms with Crippen LogP contribution in [-0.2, 0) is 4.74 Å². The molecule has 0 amide bonds. The van der Waals surface area contributed by atoms with E-state index < -0.39 is 0 Å². The number of likely N-dealkylation sites (tertiary alicyclic amines) is 1. The minimum absolute atomic E-state index is 0.462. The Morgan fingerprint density at radius 1 is 1.19 bits per heavy atom. The predicted octanol–water partition coefficient (Wildman–Crippen LogP) is 1.63. The molecule has 2 fully saturated rings. The molecule has 0 radical (unpaired) electrons. The van der Waals surface area contributed by atoms with Crippen LogP contribution in [0, 0.1) is 0 Å². The van der Waals surface area contributed by atoms with E-state index in [1.165, 1.54) is 51.7 Å². The summed E-state index contributed by atoms with van der Waals surface area (Å²) in [5.41, 5.74) is 0. The monoisotopic (exact) mass is 226 g/mol. The fraction of sp³-hybridized carbons (Fsp3) is 1.00. The summed E-state index contributed by atoms with van der Waals surface area (Å²) in [6.07, 6.45) is 6.93. The number of rotatable bonds is 4. The van der Waals surface area contributed by atoms with Crippen molar-refractivity contribution in [2.24, 2.45) is 0 Å². The molecular formula is C13H26N2O. The molecule has 0 aromatic carbocycles. The summed E-state index contributed by atoms with van der Waals surface area (Å²) in [6.45, 7) is 5.99. The molecule has 0 aromatic heterocycles. The molecule has 0 spiro atoms. The van der Waals surface area contributed by atoms with Crippen molar-refractivity contribution in [3.8, 4) is 0 Å². The van der Waals surface area contributed by atoms with E-state index in [-0.39, 0.29) is 0 Å². The van der Waals surface area contributed by atoms with Crippen molar-refractivity contribution < 1.29 is 4.74 Å². The van der Waals surface area contributed by atoms with Crippen LogP contribution in [0.1, 0.15) is 39.0 Å². The highest BCUT2D eigenvalue weighted by molar-refractivity contribution is 4.88. The van der Waals surface area contributed by atoms with Gasteiger partial charge in [-0.3, -0.25) is 0 Å². The Hall–Kier alpha value is -0.120. The second-order valence-corrected chi connectivity index (χ2v) is 5.19. The molecule has 1 heterocycles. The largest absolute Gasteiger partial charge is 0.380 e. The van der Waals surface area contributed by atoms with Gasteiger partial charge >= 0.3 is 0 Å². The Balaban J connectivity index is 1.73. The standard InChI is InChI=1S/C13H26N2O/c1-3-15-9-7-11(8-10-15)14-12-5-4-6-13(12)16-2/h11-14H,3-10H2,1-2H3. The Morgan fingerprint density at radius 3 is 2.56 bits per heavy atom. The summed E-state index contributed by atoms with van der Waals surface area (Å²) >= 11 is 0. The van der Waals surface area contributed by atoms with Gasteiger partial charge in [0.1, 0.15) is 0 Å². The van der Waals surface area contributed by atoms with E-state index in [9.17, 15) is 0 Å². The van der Waals surface area contributed by atoms with E-state index in [0.717, 1.165) is 6.04 Å². The molecule has 0 aromatic rings. The summed E-state index contributed by atoms with van der Waals surface area (Å²) in [7, 11) is 1.85. The number of methoxy groups -OCH3 is 1. The third kappa shape index (κ3) is 2.96. The first-order valence-corrected chi connectivity index (χ1v) is 6.84. The molecule has 94 valence electrons. The van der Waals surface area contributed by atoms with Gasteiger partial charge in [-0.15, -0.1) is 0 Å². The highest BCUT2D eigenvalue weighted by Gasteiger charge is 2.29. The summed E-state index contributed by atoms with van der Waals surface area (Å²) in [5, 5.41) is 3.81. The molecule has 2 aliphatic rings. The Bertz CT molecular complexity index is 202. The van der Waals surface area contributed by atoms with Crippen LogP contribution in [-0.4, -0.2) is 49.8 Å². The van der Waals surface area contributed by atoms with E-state index >= 15 is 0 Å². The van der Waals surface area contributed by atoms with Gasteiger partial charge in [-0.25, -0.2) is 0 Å². The van der Waals surface area contributed by atoms with E-state index in [4.69, 9.17) is 4.74 Å². The fourth-order valence-corrected chi connectivity index (χ4v) is 3.12. The lowest BCUT2D eigenvalue weighted by Crippen LogP contribution is -2.48. The average molecular weight is 226 g/mol. The quantitative estimate of drug-likeness (QED) is 0.788. The lowest BCUT2D eigenvalue weighted by atomic mass is 10.0. The van der Waals surface area contributed by atoms with Crippen LogP contribution in [0.15, 0.2) is 0 Å². The summed E-state index contributed by atoms with van der Waals surface area (Å²) in [6, 6.07) is 1.34. The molecular weight excluding hydrogens is 200 g/mol. The topological polar surface area (TPSA) is 24.5 Å². The molecule has 1 aliphatic heterocycles. The highest BCUT2D eigenvalue weighted by atomic mass is 16.5. The van der Waals surface area contributed by atoms with Crippen molar-refractivity contribution in [3.05, 3.63) is 0 Å². The zero-order valence-corrected chi connectivity index (χ0v) is 10.7. The molecule has 2 unspecified atom stereocenters. The van der Waals surface area contributed by atoms with Gasteiger partial charge in [0.15, 0.2) is 0 Å². The van der Waals surface area contributed by atoms with Crippen molar-refractivity contribution >= 4 is 0 Å². The zero-order chi connectivity index (χ0) is 11.4. The maximum absolute atomic E-state index is 5.53. The lowest BCUT2D eigenvalue weighted by molar-refractivity contribution is 0.0760.